The number of allylic oxidation sites excluding steroid dienone is 4. The van der Waals surface area contributed by atoms with Crippen molar-refractivity contribution in [3.63, 3.8) is 0 Å². The monoisotopic (exact) mass is 306 g/mol. The first kappa shape index (κ1) is 13.3. The van der Waals surface area contributed by atoms with E-state index in [9.17, 15) is 0 Å². The molecule has 0 aliphatic heterocycles. The molecule has 3 rings (SSSR count). The predicted molar refractivity (Wildman–Crippen MR) is 81.8 cm³/mol. The molecule has 1 unspecified atom stereocenters. The standard InChI is InChI=1S/C15H12Cl2N2O/c16-12-6-10(18)7-13(17)15(12)20-11-5-9-3-1-2-4-14(9)19-8-11/h1-6,8,13H,7,18H2. The number of fused-ring (bicyclic) bond motifs is 1. The number of hydrogen-bond acceptors (Lipinski definition) is 3. The summed E-state index contributed by atoms with van der Waals surface area (Å²) in [4.78, 5) is 4.34. The van der Waals surface area contributed by atoms with Crippen LogP contribution in [0.5, 0.6) is 5.75 Å². The Morgan fingerprint density at radius 1 is 1.30 bits per heavy atom. The molecule has 3 nitrogen and oxygen atoms in total. The van der Waals surface area contributed by atoms with Crippen molar-refractivity contribution in [1.29, 1.82) is 0 Å². The van der Waals surface area contributed by atoms with Gasteiger partial charge in [0, 0.05) is 17.5 Å². The van der Waals surface area contributed by atoms with E-state index in [1.165, 1.54) is 0 Å². The van der Waals surface area contributed by atoms with Crippen molar-refractivity contribution in [1.82, 2.24) is 4.98 Å². The van der Waals surface area contributed by atoms with Gasteiger partial charge in [0.1, 0.15) is 11.5 Å². The van der Waals surface area contributed by atoms with E-state index in [1.54, 1.807) is 12.3 Å². The molecule has 2 aromatic rings. The van der Waals surface area contributed by atoms with Gasteiger partial charge in [-0.05, 0) is 18.2 Å². The average molecular weight is 307 g/mol. The predicted octanol–water partition coefficient (Wildman–Crippen LogP) is 3.92. The van der Waals surface area contributed by atoms with E-state index >= 15 is 0 Å². The fourth-order valence-corrected chi connectivity index (χ4v) is 2.79. The summed E-state index contributed by atoms with van der Waals surface area (Å²) in [5.74, 6) is 1.12. The lowest BCUT2D eigenvalue weighted by molar-refractivity contribution is 0.400. The normalized spacial score (nSPS) is 19.1. The van der Waals surface area contributed by atoms with Crippen LogP contribution in [0.3, 0.4) is 0 Å². The van der Waals surface area contributed by atoms with Crippen LogP contribution >= 0.6 is 23.2 Å². The zero-order valence-corrected chi connectivity index (χ0v) is 12.0. The molecule has 0 fully saturated rings. The van der Waals surface area contributed by atoms with Crippen LogP contribution in [-0.4, -0.2) is 10.4 Å². The van der Waals surface area contributed by atoms with Crippen LogP contribution in [0.25, 0.3) is 10.9 Å². The highest BCUT2D eigenvalue weighted by molar-refractivity contribution is 6.33. The number of pyridine rings is 1. The van der Waals surface area contributed by atoms with Gasteiger partial charge in [0.05, 0.1) is 22.1 Å². The van der Waals surface area contributed by atoms with Crippen molar-refractivity contribution in [2.24, 2.45) is 5.73 Å². The van der Waals surface area contributed by atoms with Crippen molar-refractivity contribution in [3.8, 4) is 5.75 Å². The van der Waals surface area contributed by atoms with Crippen LogP contribution in [0.15, 0.2) is 59.1 Å². The van der Waals surface area contributed by atoms with Crippen molar-refractivity contribution in [2.45, 2.75) is 11.8 Å². The number of hydrogen-bond donors (Lipinski definition) is 1. The molecule has 1 aliphatic carbocycles. The Labute approximate surface area is 126 Å². The zero-order chi connectivity index (χ0) is 14.1. The summed E-state index contributed by atoms with van der Waals surface area (Å²) in [6.45, 7) is 0. The summed E-state index contributed by atoms with van der Waals surface area (Å²) in [7, 11) is 0. The molecule has 2 N–H and O–H groups in total. The molecule has 1 aromatic carbocycles. The molecule has 1 aliphatic rings. The molecular weight excluding hydrogens is 295 g/mol. The van der Waals surface area contributed by atoms with Gasteiger partial charge in [0.25, 0.3) is 0 Å². The minimum atomic E-state index is -0.362. The number of ether oxygens (including phenoxy) is 1. The van der Waals surface area contributed by atoms with Gasteiger partial charge >= 0.3 is 0 Å². The molecular formula is C15H12Cl2N2O. The number of nitrogens with zero attached hydrogens (tertiary/aromatic N) is 1. The van der Waals surface area contributed by atoms with E-state index in [-0.39, 0.29) is 5.38 Å². The van der Waals surface area contributed by atoms with Gasteiger partial charge in [-0.2, -0.15) is 0 Å². The van der Waals surface area contributed by atoms with Crippen LogP contribution in [-0.2, 0) is 0 Å². The molecule has 1 atom stereocenters. The Kier molecular flexibility index (Phi) is 3.55. The second-order valence-electron chi connectivity index (χ2n) is 4.57. The largest absolute Gasteiger partial charge is 0.457 e. The molecule has 20 heavy (non-hydrogen) atoms. The molecule has 0 radical (unpaired) electrons. The third kappa shape index (κ3) is 2.60. The summed E-state index contributed by atoms with van der Waals surface area (Å²) in [5, 5.41) is 1.07. The van der Waals surface area contributed by atoms with Gasteiger partial charge in [-0.1, -0.05) is 29.8 Å². The zero-order valence-electron chi connectivity index (χ0n) is 10.5. The Balaban J connectivity index is 1.95. The summed E-state index contributed by atoms with van der Waals surface area (Å²) < 4.78 is 5.79. The number of benzene rings is 1. The van der Waals surface area contributed by atoms with Crippen molar-refractivity contribution in [3.05, 3.63) is 59.1 Å². The van der Waals surface area contributed by atoms with Crippen LogP contribution in [0.1, 0.15) is 6.42 Å². The molecule has 0 saturated carbocycles. The third-order valence-corrected chi connectivity index (χ3v) is 3.69. The first-order valence-electron chi connectivity index (χ1n) is 6.16. The van der Waals surface area contributed by atoms with E-state index < -0.39 is 0 Å². The minimum Gasteiger partial charge on any atom is -0.457 e. The first-order valence-corrected chi connectivity index (χ1v) is 6.97. The van der Waals surface area contributed by atoms with Crippen LogP contribution in [0.2, 0.25) is 0 Å². The number of rotatable bonds is 2. The maximum absolute atomic E-state index is 6.23. The van der Waals surface area contributed by atoms with E-state index in [2.05, 4.69) is 4.98 Å². The number of alkyl halides is 1. The highest BCUT2D eigenvalue weighted by atomic mass is 35.5. The Hall–Kier alpha value is -1.71. The lowest BCUT2D eigenvalue weighted by atomic mass is 10.1. The second-order valence-corrected chi connectivity index (χ2v) is 5.50. The Morgan fingerprint density at radius 3 is 2.90 bits per heavy atom. The highest BCUT2D eigenvalue weighted by Crippen LogP contribution is 2.31. The summed E-state index contributed by atoms with van der Waals surface area (Å²) in [6, 6.07) is 9.72. The summed E-state index contributed by atoms with van der Waals surface area (Å²) in [5.41, 5.74) is 7.30. The van der Waals surface area contributed by atoms with Crippen molar-refractivity contribution in [2.75, 3.05) is 0 Å². The lowest BCUT2D eigenvalue weighted by Crippen LogP contribution is -2.18. The van der Waals surface area contributed by atoms with Gasteiger partial charge in [-0.15, -0.1) is 11.6 Å². The van der Waals surface area contributed by atoms with Crippen LogP contribution < -0.4 is 10.5 Å². The summed E-state index contributed by atoms with van der Waals surface area (Å²) >= 11 is 12.4. The highest BCUT2D eigenvalue weighted by Gasteiger charge is 2.22. The number of nitrogens with two attached hydrogens (primary N) is 1. The maximum Gasteiger partial charge on any atom is 0.146 e. The van der Waals surface area contributed by atoms with Crippen LogP contribution in [0.4, 0.5) is 0 Å². The maximum atomic E-state index is 6.23. The fraction of sp³-hybridized carbons (Fsp3) is 0.133. The van der Waals surface area contributed by atoms with Gasteiger partial charge < -0.3 is 10.5 Å². The Bertz CT molecular complexity index is 725. The lowest BCUT2D eigenvalue weighted by Gasteiger charge is -2.20. The SMILES string of the molecule is NC1=CC(Cl)=C(Oc2cnc3ccccc3c2)C(Cl)C1. The minimum absolute atomic E-state index is 0.362. The summed E-state index contributed by atoms with van der Waals surface area (Å²) in [6.07, 6.45) is 3.85. The van der Waals surface area contributed by atoms with E-state index in [1.807, 2.05) is 30.3 Å². The molecule has 0 bridgehead atoms. The average Bonchev–Trinajstić information content (AvgIpc) is 2.42. The quantitative estimate of drug-likeness (QED) is 0.856. The molecule has 0 amide bonds. The number of aromatic nitrogens is 1. The van der Waals surface area contributed by atoms with E-state index in [0.717, 1.165) is 10.9 Å². The van der Waals surface area contributed by atoms with Crippen molar-refractivity contribution >= 4 is 34.1 Å². The molecule has 102 valence electrons. The van der Waals surface area contributed by atoms with Gasteiger partial charge in [0.2, 0.25) is 0 Å². The second kappa shape index (κ2) is 5.35. The van der Waals surface area contributed by atoms with Crippen molar-refractivity contribution < 1.29 is 4.74 Å². The molecule has 0 saturated heterocycles. The van der Waals surface area contributed by atoms with Gasteiger partial charge in [-0.3, -0.25) is 4.98 Å². The van der Waals surface area contributed by atoms with Crippen LogP contribution in [0, 0.1) is 0 Å². The molecule has 1 aromatic heterocycles. The fourth-order valence-electron chi connectivity index (χ4n) is 2.09. The number of para-hydroxylation sites is 1. The van der Waals surface area contributed by atoms with E-state index in [4.69, 9.17) is 33.7 Å². The molecule has 0 spiro atoms. The smallest absolute Gasteiger partial charge is 0.146 e. The molecule has 1 heterocycles. The third-order valence-electron chi connectivity index (χ3n) is 3.04. The number of halogens is 2. The first-order chi connectivity index (χ1) is 9.63. The Morgan fingerprint density at radius 2 is 2.10 bits per heavy atom. The molecule has 5 heteroatoms. The van der Waals surface area contributed by atoms with Gasteiger partial charge in [-0.25, -0.2) is 0 Å². The topological polar surface area (TPSA) is 48.1 Å². The van der Waals surface area contributed by atoms with Gasteiger partial charge in [0.15, 0.2) is 0 Å². The van der Waals surface area contributed by atoms with E-state index in [0.29, 0.717) is 28.7 Å².